The van der Waals surface area contributed by atoms with Crippen LogP contribution in [0.2, 0.25) is 5.02 Å². The fraction of sp³-hybridized carbons (Fsp3) is 0.222. The van der Waals surface area contributed by atoms with Gasteiger partial charge in [-0.2, -0.15) is 0 Å². The van der Waals surface area contributed by atoms with Crippen molar-refractivity contribution in [2.45, 2.75) is 17.7 Å². The summed E-state index contributed by atoms with van der Waals surface area (Å²) in [7, 11) is -3.60. The molecule has 0 aromatic heterocycles. The first-order chi connectivity index (χ1) is 11.9. The summed E-state index contributed by atoms with van der Waals surface area (Å²) in [5.74, 6) is -0.629. The smallest absolute Gasteiger partial charge is 0.228 e. The minimum atomic E-state index is -3.60. The molecule has 0 radical (unpaired) electrons. The molecule has 3 rings (SSSR count). The highest BCUT2D eigenvalue weighted by atomic mass is 35.5. The third-order valence-corrected chi connectivity index (χ3v) is 6.05. The van der Waals surface area contributed by atoms with Crippen LogP contribution in [0.5, 0.6) is 0 Å². The Labute approximate surface area is 151 Å². The minimum Gasteiger partial charge on any atom is -0.311 e. The van der Waals surface area contributed by atoms with Gasteiger partial charge in [0.05, 0.1) is 16.3 Å². The van der Waals surface area contributed by atoms with Crippen LogP contribution in [0, 0.1) is 0 Å². The molecule has 5 nitrogen and oxygen atoms in total. The number of nitrogens with zero attached hydrogens (tertiary/aromatic N) is 1. The van der Waals surface area contributed by atoms with Crippen molar-refractivity contribution in [3.63, 3.8) is 0 Å². The Balaban J connectivity index is 1.75. The van der Waals surface area contributed by atoms with E-state index in [1.54, 1.807) is 36.4 Å². The maximum Gasteiger partial charge on any atom is 0.228 e. The van der Waals surface area contributed by atoms with Gasteiger partial charge in [-0.1, -0.05) is 29.8 Å². The second-order valence-electron chi connectivity index (χ2n) is 5.76. The molecule has 0 unspecified atom stereocenters. The quantitative estimate of drug-likeness (QED) is 0.820. The summed E-state index contributed by atoms with van der Waals surface area (Å²) in [4.78, 5) is 26.1. The van der Waals surface area contributed by atoms with E-state index in [-0.39, 0.29) is 41.7 Å². The summed E-state index contributed by atoms with van der Waals surface area (Å²) in [5.41, 5.74) is 1.05. The first kappa shape index (κ1) is 17.6. The van der Waals surface area contributed by atoms with Gasteiger partial charge in [0.1, 0.15) is 0 Å². The predicted octanol–water partition coefficient (Wildman–Crippen LogP) is 3.12. The van der Waals surface area contributed by atoms with E-state index in [0.717, 1.165) is 0 Å². The Morgan fingerprint density at radius 3 is 2.64 bits per heavy atom. The highest BCUT2D eigenvalue weighted by molar-refractivity contribution is 7.91. The van der Waals surface area contributed by atoms with Crippen molar-refractivity contribution in [2.75, 3.05) is 17.2 Å². The van der Waals surface area contributed by atoms with Crippen molar-refractivity contribution in [3.05, 3.63) is 59.1 Å². The normalized spacial score (nSPS) is 14.3. The van der Waals surface area contributed by atoms with E-state index in [9.17, 15) is 18.0 Å². The van der Waals surface area contributed by atoms with E-state index in [1.165, 1.54) is 17.0 Å². The molecule has 0 N–H and O–H groups in total. The Bertz CT molecular complexity index is 940. The number of benzene rings is 2. The van der Waals surface area contributed by atoms with Crippen LogP contribution < -0.4 is 4.90 Å². The topological polar surface area (TPSA) is 71.5 Å². The van der Waals surface area contributed by atoms with Gasteiger partial charge in [0, 0.05) is 30.0 Å². The molecule has 7 heteroatoms. The molecule has 2 aromatic rings. The standard InChI is InChI=1S/C18H16ClNO4S/c19-13-4-3-5-14(12-13)25(23,24)11-9-18(22)20-10-8-17(21)15-6-1-2-7-16(15)20/h1-7,12H,8-11H2. The number of sulfone groups is 1. The van der Waals surface area contributed by atoms with E-state index < -0.39 is 9.84 Å². The number of carbonyl (C=O) groups is 2. The SMILES string of the molecule is O=C1CCN(C(=O)CCS(=O)(=O)c2cccc(Cl)c2)c2ccccc21. The van der Waals surface area contributed by atoms with E-state index in [2.05, 4.69) is 0 Å². The van der Waals surface area contributed by atoms with Crippen LogP contribution in [-0.4, -0.2) is 32.4 Å². The third kappa shape index (κ3) is 3.75. The second kappa shape index (κ2) is 6.98. The van der Waals surface area contributed by atoms with Crippen molar-refractivity contribution < 1.29 is 18.0 Å². The number of hydrogen-bond acceptors (Lipinski definition) is 4. The number of amides is 1. The number of anilines is 1. The van der Waals surface area contributed by atoms with Gasteiger partial charge in [-0.25, -0.2) is 8.42 Å². The van der Waals surface area contributed by atoms with Crippen molar-refractivity contribution in [2.24, 2.45) is 0 Å². The van der Waals surface area contributed by atoms with E-state index in [4.69, 9.17) is 11.6 Å². The molecule has 0 saturated carbocycles. The molecule has 0 atom stereocenters. The average molecular weight is 378 g/mol. The number of hydrogen-bond donors (Lipinski definition) is 0. The number of ketones is 1. The zero-order chi connectivity index (χ0) is 18.0. The molecule has 0 fully saturated rings. The van der Waals surface area contributed by atoms with Crippen LogP contribution in [0.4, 0.5) is 5.69 Å². The molecular formula is C18H16ClNO4S. The van der Waals surface area contributed by atoms with Gasteiger partial charge >= 0.3 is 0 Å². The minimum absolute atomic E-state index is 0.00815. The first-order valence-electron chi connectivity index (χ1n) is 7.79. The molecular weight excluding hydrogens is 362 g/mol. The Morgan fingerprint density at radius 2 is 1.88 bits per heavy atom. The zero-order valence-corrected chi connectivity index (χ0v) is 14.9. The molecule has 1 amide bonds. The van der Waals surface area contributed by atoms with Crippen molar-refractivity contribution >= 4 is 38.8 Å². The molecule has 0 saturated heterocycles. The van der Waals surface area contributed by atoms with Gasteiger partial charge < -0.3 is 4.90 Å². The number of Topliss-reactive ketones (excluding diaryl/α,β-unsaturated/α-hetero) is 1. The first-order valence-corrected chi connectivity index (χ1v) is 9.82. The summed E-state index contributed by atoms with van der Waals surface area (Å²) in [6.07, 6.45) is 0.0845. The summed E-state index contributed by atoms with van der Waals surface area (Å²) >= 11 is 5.83. The van der Waals surface area contributed by atoms with E-state index >= 15 is 0 Å². The largest absolute Gasteiger partial charge is 0.311 e. The van der Waals surface area contributed by atoms with Crippen molar-refractivity contribution in [1.29, 1.82) is 0 Å². The lowest BCUT2D eigenvalue weighted by Gasteiger charge is -2.28. The van der Waals surface area contributed by atoms with Gasteiger partial charge in [-0.15, -0.1) is 0 Å². The van der Waals surface area contributed by atoms with Crippen LogP contribution in [0.1, 0.15) is 23.2 Å². The number of para-hydroxylation sites is 1. The molecule has 2 aromatic carbocycles. The van der Waals surface area contributed by atoms with Gasteiger partial charge in [0.15, 0.2) is 15.6 Å². The highest BCUT2D eigenvalue weighted by Gasteiger charge is 2.27. The van der Waals surface area contributed by atoms with Gasteiger partial charge in [-0.3, -0.25) is 9.59 Å². The molecule has 130 valence electrons. The number of halogens is 1. The van der Waals surface area contributed by atoms with E-state index in [0.29, 0.717) is 16.3 Å². The summed E-state index contributed by atoms with van der Waals surface area (Å²) in [5, 5.41) is 0.330. The molecule has 0 aliphatic carbocycles. The summed E-state index contributed by atoms with van der Waals surface area (Å²) in [6, 6.07) is 12.9. The Morgan fingerprint density at radius 1 is 1.12 bits per heavy atom. The molecule has 25 heavy (non-hydrogen) atoms. The number of carbonyl (C=O) groups excluding carboxylic acids is 2. The van der Waals surface area contributed by atoms with Gasteiger partial charge in [-0.05, 0) is 30.3 Å². The van der Waals surface area contributed by atoms with Crippen LogP contribution in [0.3, 0.4) is 0 Å². The van der Waals surface area contributed by atoms with Crippen molar-refractivity contribution in [1.82, 2.24) is 0 Å². The molecule has 0 bridgehead atoms. The van der Waals surface area contributed by atoms with Crippen LogP contribution in [-0.2, 0) is 14.6 Å². The molecule has 1 aliphatic heterocycles. The number of rotatable bonds is 4. The summed E-state index contributed by atoms with van der Waals surface area (Å²) < 4.78 is 24.8. The van der Waals surface area contributed by atoms with Crippen LogP contribution in [0.25, 0.3) is 0 Å². The molecule has 1 heterocycles. The Kier molecular flexibility index (Phi) is 4.92. The summed E-state index contributed by atoms with van der Waals surface area (Å²) in [6.45, 7) is 0.270. The lowest BCUT2D eigenvalue weighted by Crippen LogP contribution is -2.38. The monoisotopic (exact) mass is 377 g/mol. The molecule has 1 aliphatic rings. The predicted molar refractivity (Wildman–Crippen MR) is 95.9 cm³/mol. The molecule has 0 spiro atoms. The lowest BCUT2D eigenvalue weighted by atomic mass is 10.0. The van der Waals surface area contributed by atoms with Gasteiger partial charge in [0.25, 0.3) is 0 Å². The lowest BCUT2D eigenvalue weighted by molar-refractivity contribution is -0.118. The maximum atomic E-state index is 12.5. The fourth-order valence-corrected chi connectivity index (χ4v) is 4.33. The average Bonchev–Trinajstić information content (AvgIpc) is 2.60. The third-order valence-electron chi connectivity index (χ3n) is 4.10. The highest BCUT2D eigenvalue weighted by Crippen LogP contribution is 2.27. The maximum absolute atomic E-state index is 12.5. The van der Waals surface area contributed by atoms with Crippen LogP contribution in [0.15, 0.2) is 53.4 Å². The fourth-order valence-electron chi connectivity index (χ4n) is 2.81. The second-order valence-corrected chi connectivity index (χ2v) is 8.31. The number of fused-ring (bicyclic) bond motifs is 1. The van der Waals surface area contributed by atoms with E-state index in [1.807, 2.05) is 0 Å². The van der Waals surface area contributed by atoms with Gasteiger partial charge in [0.2, 0.25) is 5.91 Å². The van der Waals surface area contributed by atoms with Crippen molar-refractivity contribution in [3.8, 4) is 0 Å². The zero-order valence-electron chi connectivity index (χ0n) is 13.3. The van der Waals surface area contributed by atoms with Crippen LogP contribution >= 0.6 is 11.6 Å². The Hall–Kier alpha value is -2.18.